The highest BCUT2D eigenvalue weighted by Gasteiger charge is 2.14. The molecule has 0 aliphatic heterocycles. The largest absolute Gasteiger partial charge is 0.396 e. The summed E-state index contributed by atoms with van der Waals surface area (Å²) in [6, 6.07) is 14.0. The van der Waals surface area contributed by atoms with Crippen LogP contribution >= 0.6 is 12.2 Å². The normalized spacial score (nSPS) is 10.9. The highest BCUT2D eigenvalue weighted by molar-refractivity contribution is 7.80. The number of pyridine rings is 1. The number of nitrogens with one attached hydrogen (secondary N) is 2. The van der Waals surface area contributed by atoms with Gasteiger partial charge in [0.15, 0.2) is 5.11 Å². The van der Waals surface area contributed by atoms with Crippen LogP contribution in [0.15, 0.2) is 47.3 Å². The molecule has 5 nitrogen and oxygen atoms in total. The number of benzene rings is 2. The van der Waals surface area contributed by atoms with Gasteiger partial charge >= 0.3 is 0 Å². The van der Waals surface area contributed by atoms with Gasteiger partial charge in [-0.15, -0.1) is 0 Å². The zero-order chi connectivity index (χ0) is 21.0. The van der Waals surface area contributed by atoms with Crippen LogP contribution < -0.4 is 10.9 Å². The first-order valence-electron chi connectivity index (χ1n) is 9.74. The van der Waals surface area contributed by atoms with E-state index < -0.39 is 0 Å². The molecular weight excluding hydrogens is 382 g/mol. The molecule has 0 radical (unpaired) electrons. The standard InChI is InChI=1S/C23H27N3O2S/c1-15-6-4-7-19(11-15)24-23(29)26(8-5-9-27)14-18-13-20-17(3)10-16(2)12-21(20)25-22(18)28/h4,6-7,10-13,27H,5,8-9,14H2,1-3H3,(H,24,29)(H,25,28). The quantitative estimate of drug-likeness (QED) is 0.536. The van der Waals surface area contributed by atoms with Gasteiger partial charge in [-0.3, -0.25) is 4.79 Å². The molecule has 152 valence electrons. The number of anilines is 1. The van der Waals surface area contributed by atoms with Crippen LogP contribution in [0.1, 0.15) is 28.7 Å². The minimum absolute atomic E-state index is 0.0655. The molecule has 0 aliphatic carbocycles. The molecule has 3 N–H and O–H groups in total. The maximum atomic E-state index is 12.7. The first-order valence-corrected chi connectivity index (χ1v) is 10.1. The second kappa shape index (κ2) is 9.20. The van der Waals surface area contributed by atoms with Crippen molar-refractivity contribution in [1.82, 2.24) is 9.88 Å². The van der Waals surface area contributed by atoms with Gasteiger partial charge in [0.25, 0.3) is 5.56 Å². The van der Waals surface area contributed by atoms with E-state index in [0.717, 1.165) is 33.3 Å². The highest BCUT2D eigenvalue weighted by Crippen LogP contribution is 2.19. The monoisotopic (exact) mass is 409 g/mol. The fraction of sp³-hybridized carbons (Fsp3) is 0.304. The predicted octanol–water partition coefficient (Wildman–Crippen LogP) is 4.03. The molecule has 3 rings (SSSR count). The number of rotatable bonds is 6. The summed E-state index contributed by atoms with van der Waals surface area (Å²) in [6.07, 6.45) is 0.569. The minimum atomic E-state index is -0.116. The average Bonchev–Trinajstić information content (AvgIpc) is 2.65. The van der Waals surface area contributed by atoms with Crippen LogP contribution in [0.3, 0.4) is 0 Å². The van der Waals surface area contributed by atoms with E-state index in [1.54, 1.807) is 0 Å². The van der Waals surface area contributed by atoms with E-state index in [2.05, 4.69) is 16.4 Å². The molecule has 0 bridgehead atoms. The summed E-state index contributed by atoms with van der Waals surface area (Å²) in [4.78, 5) is 17.6. The van der Waals surface area contributed by atoms with Crippen molar-refractivity contribution < 1.29 is 5.11 Å². The Morgan fingerprint density at radius 1 is 1.14 bits per heavy atom. The average molecular weight is 410 g/mol. The van der Waals surface area contributed by atoms with Crippen molar-refractivity contribution >= 4 is 33.9 Å². The first-order chi connectivity index (χ1) is 13.9. The van der Waals surface area contributed by atoms with Gasteiger partial charge in [-0.2, -0.15) is 0 Å². The van der Waals surface area contributed by atoms with Gasteiger partial charge in [-0.05, 0) is 80.4 Å². The molecule has 0 unspecified atom stereocenters. The number of thiocarbonyl (C=S) groups is 1. The van der Waals surface area contributed by atoms with E-state index in [1.165, 1.54) is 0 Å². The van der Waals surface area contributed by atoms with Crippen molar-refractivity contribution in [2.24, 2.45) is 0 Å². The fourth-order valence-electron chi connectivity index (χ4n) is 3.48. The lowest BCUT2D eigenvalue weighted by atomic mass is 10.0. The number of hydrogen-bond donors (Lipinski definition) is 3. The Morgan fingerprint density at radius 2 is 1.93 bits per heavy atom. The summed E-state index contributed by atoms with van der Waals surface area (Å²) in [6.45, 7) is 7.08. The fourth-order valence-corrected chi connectivity index (χ4v) is 3.75. The summed E-state index contributed by atoms with van der Waals surface area (Å²) in [5, 5.41) is 14.1. The van der Waals surface area contributed by atoms with Gasteiger partial charge in [0.2, 0.25) is 0 Å². The van der Waals surface area contributed by atoms with E-state index >= 15 is 0 Å². The number of aryl methyl sites for hydroxylation is 3. The van der Waals surface area contributed by atoms with Crippen LogP contribution in [0.5, 0.6) is 0 Å². The lowest BCUT2D eigenvalue weighted by Gasteiger charge is -2.26. The van der Waals surface area contributed by atoms with E-state index in [0.29, 0.717) is 30.2 Å². The Kier molecular flexibility index (Phi) is 6.67. The smallest absolute Gasteiger partial charge is 0.253 e. The number of aliphatic hydroxyl groups excluding tert-OH is 1. The molecule has 0 atom stereocenters. The van der Waals surface area contributed by atoms with E-state index in [4.69, 9.17) is 12.2 Å². The molecule has 0 fully saturated rings. The lowest BCUT2D eigenvalue weighted by molar-refractivity contribution is 0.266. The van der Waals surface area contributed by atoms with E-state index in [9.17, 15) is 9.90 Å². The minimum Gasteiger partial charge on any atom is -0.396 e. The third kappa shape index (κ3) is 5.22. The van der Waals surface area contributed by atoms with Crippen LogP contribution in [0.2, 0.25) is 0 Å². The third-order valence-corrected chi connectivity index (χ3v) is 5.25. The lowest BCUT2D eigenvalue weighted by Crippen LogP contribution is -2.37. The molecule has 0 aliphatic rings. The molecule has 29 heavy (non-hydrogen) atoms. The van der Waals surface area contributed by atoms with Gasteiger partial charge in [-0.1, -0.05) is 18.2 Å². The topological polar surface area (TPSA) is 68.4 Å². The van der Waals surface area contributed by atoms with Crippen LogP contribution in [-0.4, -0.2) is 33.3 Å². The van der Waals surface area contributed by atoms with Gasteiger partial charge in [0.05, 0.1) is 6.54 Å². The molecule has 0 spiro atoms. The van der Waals surface area contributed by atoms with Crippen LogP contribution in [-0.2, 0) is 6.54 Å². The molecule has 1 heterocycles. The van der Waals surface area contributed by atoms with Crippen molar-refractivity contribution in [3.05, 3.63) is 75.1 Å². The molecular formula is C23H27N3O2S. The van der Waals surface area contributed by atoms with Crippen molar-refractivity contribution in [3.63, 3.8) is 0 Å². The van der Waals surface area contributed by atoms with Crippen LogP contribution in [0.4, 0.5) is 5.69 Å². The molecule has 0 saturated heterocycles. The second-order valence-corrected chi connectivity index (χ2v) is 7.85. The summed E-state index contributed by atoms with van der Waals surface area (Å²) >= 11 is 5.62. The van der Waals surface area contributed by atoms with Gasteiger partial charge in [0, 0.05) is 35.3 Å². The number of nitrogens with zero attached hydrogens (tertiary/aromatic N) is 1. The summed E-state index contributed by atoms with van der Waals surface area (Å²) in [5.74, 6) is 0. The number of aromatic amines is 1. The molecule has 2 aromatic carbocycles. The van der Waals surface area contributed by atoms with Crippen LogP contribution in [0, 0.1) is 20.8 Å². The maximum Gasteiger partial charge on any atom is 0.253 e. The van der Waals surface area contributed by atoms with Crippen molar-refractivity contribution in [2.75, 3.05) is 18.5 Å². The zero-order valence-electron chi connectivity index (χ0n) is 17.1. The second-order valence-electron chi connectivity index (χ2n) is 7.47. The third-order valence-electron chi connectivity index (χ3n) is 4.89. The maximum absolute atomic E-state index is 12.7. The van der Waals surface area contributed by atoms with E-state index in [1.807, 2.05) is 62.1 Å². The molecule has 1 aromatic heterocycles. The summed E-state index contributed by atoms with van der Waals surface area (Å²) in [7, 11) is 0. The first kappa shape index (κ1) is 21.0. The van der Waals surface area contributed by atoms with Crippen molar-refractivity contribution in [1.29, 1.82) is 0 Å². The molecule has 0 saturated carbocycles. The zero-order valence-corrected chi connectivity index (χ0v) is 17.9. The van der Waals surface area contributed by atoms with Crippen molar-refractivity contribution in [2.45, 2.75) is 33.7 Å². The van der Waals surface area contributed by atoms with Gasteiger partial charge in [0.1, 0.15) is 0 Å². The Morgan fingerprint density at radius 3 is 2.66 bits per heavy atom. The van der Waals surface area contributed by atoms with Crippen molar-refractivity contribution in [3.8, 4) is 0 Å². The van der Waals surface area contributed by atoms with E-state index in [-0.39, 0.29) is 12.2 Å². The summed E-state index contributed by atoms with van der Waals surface area (Å²) in [5.41, 5.74) is 5.66. The predicted molar refractivity (Wildman–Crippen MR) is 124 cm³/mol. The Balaban J connectivity index is 1.88. The number of aliphatic hydroxyl groups is 1. The number of H-pyrrole nitrogens is 1. The molecule has 3 aromatic rings. The SMILES string of the molecule is Cc1cccc(NC(=S)N(CCCO)Cc2cc3c(C)cc(C)cc3[nH]c2=O)c1. The Hall–Kier alpha value is -2.70. The molecule has 6 heteroatoms. The van der Waals surface area contributed by atoms with Gasteiger partial charge < -0.3 is 20.3 Å². The number of hydrogen-bond acceptors (Lipinski definition) is 3. The van der Waals surface area contributed by atoms with Crippen LogP contribution in [0.25, 0.3) is 10.9 Å². The Labute approximate surface area is 176 Å². The highest BCUT2D eigenvalue weighted by atomic mass is 32.1. The summed E-state index contributed by atoms with van der Waals surface area (Å²) < 4.78 is 0. The Bertz CT molecular complexity index is 1090. The molecule has 0 amide bonds. The number of fused-ring (bicyclic) bond motifs is 1. The van der Waals surface area contributed by atoms with Gasteiger partial charge in [-0.25, -0.2) is 0 Å². The number of aromatic nitrogens is 1.